The molecule has 0 N–H and O–H groups in total. The highest BCUT2D eigenvalue weighted by atomic mass is 19.1. The van der Waals surface area contributed by atoms with Gasteiger partial charge in [0.15, 0.2) is 0 Å². The van der Waals surface area contributed by atoms with E-state index >= 15 is 0 Å². The first-order chi connectivity index (χ1) is 15.8. The number of nitro groups is 1. The molecule has 4 rings (SSSR count). The van der Waals surface area contributed by atoms with Gasteiger partial charge in [-0.1, -0.05) is 0 Å². The Kier molecular flexibility index (Phi) is 6.16. The summed E-state index contributed by atoms with van der Waals surface area (Å²) in [6.45, 7) is 5.26. The molecule has 1 aliphatic heterocycles. The minimum absolute atomic E-state index is 0.0537. The first-order valence-electron chi connectivity index (χ1n) is 10.4. The van der Waals surface area contributed by atoms with Crippen LogP contribution >= 0.6 is 0 Å². The standard InChI is InChI=1S/C23H22FN5O4/c1-15-11-18(24)5-8-20(15)33-22-12-21(25-14-26-22)27-9-10-28(16(2)13-27)23(30)17-3-6-19(7-4-17)29(31)32/h3-8,11-12,14,16H,9-10,13H2,1-2H3/t16-/m0/s1. The summed E-state index contributed by atoms with van der Waals surface area (Å²) < 4.78 is 19.1. The molecule has 2 heterocycles. The summed E-state index contributed by atoms with van der Waals surface area (Å²) in [5, 5.41) is 10.8. The van der Waals surface area contributed by atoms with E-state index in [1.165, 1.54) is 42.7 Å². The molecule has 170 valence electrons. The number of carbonyl (C=O) groups is 1. The molecule has 0 unspecified atom stereocenters. The first kappa shape index (κ1) is 22.1. The van der Waals surface area contributed by atoms with Crippen LogP contribution in [0.15, 0.2) is 54.9 Å². The highest BCUT2D eigenvalue weighted by Gasteiger charge is 2.29. The van der Waals surface area contributed by atoms with Crippen LogP contribution in [-0.4, -0.2) is 51.4 Å². The zero-order chi connectivity index (χ0) is 23.5. The first-order valence-corrected chi connectivity index (χ1v) is 10.4. The SMILES string of the molecule is Cc1cc(F)ccc1Oc1cc(N2CCN(C(=O)c3ccc([N+](=O)[O-])cc3)[C@@H](C)C2)ncn1. The second kappa shape index (κ2) is 9.19. The van der Waals surface area contributed by atoms with Gasteiger partial charge in [-0.25, -0.2) is 14.4 Å². The molecule has 1 aliphatic rings. The number of nitrogens with zero attached hydrogens (tertiary/aromatic N) is 5. The van der Waals surface area contributed by atoms with Crippen molar-refractivity contribution in [3.8, 4) is 11.6 Å². The van der Waals surface area contributed by atoms with Crippen molar-refractivity contribution in [2.45, 2.75) is 19.9 Å². The summed E-state index contributed by atoms with van der Waals surface area (Å²) in [6.07, 6.45) is 1.41. The van der Waals surface area contributed by atoms with Gasteiger partial charge in [0.05, 0.1) is 4.92 Å². The lowest BCUT2D eigenvalue weighted by molar-refractivity contribution is -0.384. The molecule has 10 heteroatoms. The van der Waals surface area contributed by atoms with Gasteiger partial charge < -0.3 is 14.5 Å². The number of amides is 1. The number of anilines is 1. The second-order valence-corrected chi connectivity index (χ2v) is 7.82. The fourth-order valence-corrected chi connectivity index (χ4v) is 3.76. The van der Waals surface area contributed by atoms with Crippen molar-refractivity contribution in [1.29, 1.82) is 0 Å². The molecule has 1 fully saturated rings. The highest BCUT2D eigenvalue weighted by molar-refractivity contribution is 5.94. The molecule has 0 spiro atoms. The molecule has 9 nitrogen and oxygen atoms in total. The fraction of sp³-hybridized carbons (Fsp3) is 0.261. The number of ether oxygens (including phenoxy) is 1. The van der Waals surface area contributed by atoms with Crippen molar-refractivity contribution in [2.75, 3.05) is 24.5 Å². The van der Waals surface area contributed by atoms with Crippen LogP contribution in [0.5, 0.6) is 11.6 Å². The number of hydrogen-bond acceptors (Lipinski definition) is 7. The third-order valence-corrected chi connectivity index (χ3v) is 5.52. The van der Waals surface area contributed by atoms with Gasteiger partial charge in [-0.2, -0.15) is 0 Å². The highest BCUT2D eigenvalue weighted by Crippen LogP contribution is 2.27. The van der Waals surface area contributed by atoms with Gasteiger partial charge in [0, 0.05) is 49.4 Å². The fourth-order valence-electron chi connectivity index (χ4n) is 3.76. The van der Waals surface area contributed by atoms with Gasteiger partial charge in [-0.3, -0.25) is 14.9 Å². The number of aromatic nitrogens is 2. The van der Waals surface area contributed by atoms with Crippen molar-refractivity contribution < 1.29 is 18.8 Å². The Labute approximate surface area is 189 Å². The maximum absolute atomic E-state index is 13.3. The van der Waals surface area contributed by atoms with Crippen LogP contribution in [-0.2, 0) is 0 Å². The average Bonchev–Trinajstić information content (AvgIpc) is 2.80. The molecule has 1 aromatic heterocycles. The molecule has 2 aromatic carbocycles. The molecule has 0 aliphatic carbocycles. The Bertz CT molecular complexity index is 1190. The van der Waals surface area contributed by atoms with E-state index in [4.69, 9.17) is 4.74 Å². The number of piperazine rings is 1. The van der Waals surface area contributed by atoms with Crippen molar-refractivity contribution in [1.82, 2.24) is 14.9 Å². The van der Waals surface area contributed by atoms with E-state index < -0.39 is 4.92 Å². The maximum atomic E-state index is 13.3. The largest absolute Gasteiger partial charge is 0.439 e. The molecule has 33 heavy (non-hydrogen) atoms. The molecule has 1 amide bonds. The summed E-state index contributed by atoms with van der Waals surface area (Å²) in [6, 6.07) is 11.5. The lowest BCUT2D eigenvalue weighted by Crippen LogP contribution is -2.54. The van der Waals surface area contributed by atoms with E-state index in [9.17, 15) is 19.3 Å². The summed E-state index contributed by atoms with van der Waals surface area (Å²) in [5.74, 6) is 1.00. The van der Waals surface area contributed by atoms with Gasteiger partial charge in [-0.05, 0) is 49.7 Å². The van der Waals surface area contributed by atoms with Crippen LogP contribution < -0.4 is 9.64 Å². The molecule has 1 saturated heterocycles. The Morgan fingerprint density at radius 2 is 1.91 bits per heavy atom. The number of halogens is 1. The lowest BCUT2D eigenvalue weighted by atomic mass is 10.1. The molecule has 0 bridgehead atoms. The number of rotatable bonds is 5. The molecule has 0 saturated carbocycles. The third-order valence-electron chi connectivity index (χ3n) is 5.52. The van der Waals surface area contributed by atoms with E-state index in [0.29, 0.717) is 48.2 Å². The Hall–Kier alpha value is -4.08. The van der Waals surface area contributed by atoms with Crippen molar-refractivity contribution in [3.63, 3.8) is 0 Å². The number of hydrogen-bond donors (Lipinski definition) is 0. The van der Waals surface area contributed by atoms with Crippen LogP contribution in [0.25, 0.3) is 0 Å². The number of aryl methyl sites for hydroxylation is 1. The zero-order valence-corrected chi connectivity index (χ0v) is 18.1. The number of non-ortho nitro benzene ring substituents is 1. The minimum Gasteiger partial charge on any atom is -0.439 e. The van der Waals surface area contributed by atoms with Crippen LogP contribution in [0.1, 0.15) is 22.8 Å². The van der Waals surface area contributed by atoms with Crippen LogP contribution in [0.3, 0.4) is 0 Å². The van der Waals surface area contributed by atoms with Crippen molar-refractivity contribution in [3.05, 3.63) is 81.9 Å². The number of benzene rings is 2. The van der Waals surface area contributed by atoms with Gasteiger partial charge in [-0.15, -0.1) is 0 Å². The number of nitro benzene ring substituents is 1. The van der Waals surface area contributed by atoms with Gasteiger partial charge >= 0.3 is 0 Å². The maximum Gasteiger partial charge on any atom is 0.269 e. The zero-order valence-electron chi connectivity index (χ0n) is 18.1. The lowest BCUT2D eigenvalue weighted by Gasteiger charge is -2.40. The Morgan fingerprint density at radius 3 is 2.58 bits per heavy atom. The summed E-state index contributed by atoms with van der Waals surface area (Å²) in [7, 11) is 0. The monoisotopic (exact) mass is 451 g/mol. The van der Waals surface area contributed by atoms with E-state index in [1.807, 2.05) is 11.8 Å². The Morgan fingerprint density at radius 1 is 1.15 bits per heavy atom. The van der Waals surface area contributed by atoms with E-state index in [1.54, 1.807) is 24.0 Å². The molecule has 3 aromatic rings. The smallest absolute Gasteiger partial charge is 0.269 e. The summed E-state index contributed by atoms with van der Waals surface area (Å²) >= 11 is 0. The predicted octanol–water partition coefficient (Wildman–Crippen LogP) is 3.98. The average molecular weight is 451 g/mol. The van der Waals surface area contributed by atoms with Crippen LogP contribution in [0, 0.1) is 22.9 Å². The quantitative estimate of drug-likeness (QED) is 0.427. The van der Waals surface area contributed by atoms with Crippen molar-refractivity contribution >= 4 is 17.4 Å². The van der Waals surface area contributed by atoms with Gasteiger partial charge in [0.2, 0.25) is 5.88 Å². The Balaban J connectivity index is 1.43. The van der Waals surface area contributed by atoms with Crippen molar-refractivity contribution in [2.24, 2.45) is 0 Å². The van der Waals surface area contributed by atoms with Crippen LogP contribution in [0.4, 0.5) is 15.9 Å². The predicted molar refractivity (Wildman–Crippen MR) is 119 cm³/mol. The summed E-state index contributed by atoms with van der Waals surface area (Å²) in [5.41, 5.74) is 1.01. The third kappa shape index (κ3) is 4.89. The van der Waals surface area contributed by atoms with Gasteiger partial charge in [0.1, 0.15) is 23.7 Å². The van der Waals surface area contributed by atoms with Gasteiger partial charge in [0.25, 0.3) is 11.6 Å². The molecule has 1 atom stereocenters. The van der Waals surface area contributed by atoms with E-state index in [2.05, 4.69) is 9.97 Å². The molecular weight excluding hydrogens is 429 g/mol. The normalized spacial score (nSPS) is 15.9. The van der Waals surface area contributed by atoms with Crippen LogP contribution in [0.2, 0.25) is 0 Å². The minimum atomic E-state index is -0.493. The molecular formula is C23H22FN5O4. The van der Waals surface area contributed by atoms with E-state index in [-0.39, 0.29) is 23.5 Å². The topological polar surface area (TPSA) is 102 Å². The van der Waals surface area contributed by atoms with E-state index in [0.717, 1.165) is 0 Å². The molecule has 0 radical (unpaired) electrons. The second-order valence-electron chi connectivity index (χ2n) is 7.82. The number of carbonyl (C=O) groups excluding carboxylic acids is 1. The summed E-state index contributed by atoms with van der Waals surface area (Å²) in [4.78, 5) is 35.5.